The fourth-order valence-corrected chi connectivity index (χ4v) is 3.03. The quantitative estimate of drug-likeness (QED) is 0.865. The number of anilines is 1. The molecule has 0 spiro atoms. The van der Waals surface area contributed by atoms with Gasteiger partial charge in [-0.25, -0.2) is 8.42 Å². The molecule has 0 unspecified atom stereocenters. The van der Waals surface area contributed by atoms with Crippen LogP contribution in [0.1, 0.15) is 11.1 Å². The first-order chi connectivity index (χ1) is 9.38. The van der Waals surface area contributed by atoms with Gasteiger partial charge < -0.3 is 0 Å². The Hall–Kier alpha value is -1.52. The van der Waals surface area contributed by atoms with Crippen LogP contribution in [0.3, 0.4) is 0 Å². The van der Waals surface area contributed by atoms with Gasteiger partial charge in [0, 0.05) is 5.02 Å². The number of halogens is 1. The summed E-state index contributed by atoms with van der Waals surface area (Å²) >= 11 is 6.12. The number of rotatable bonds is 4. The van der Waals surface area contributed by atoms with Crippen molar-refractivity contribution in [2.75, 3.05) is 10.6 Å². The Labute approximate surface area is 124 Å². The normalized spacial score (nSPS) is 11.3. The molecule has 0 fully saturated rings. The van der Waals surface area contributed by atoms with Crippen molar-refractivity contribution in [3.05, 3.63) is 64.7 Å². The predicted octanol–water partition coefficient (Wildman–Crippen LogP) is 3.61. The molecule has 2 rings (SSSR count). The van der Waals surface area contributed by atoms with E-state index in [0.29, 0.717) is 10.7 Å². The molecular weight excluding hydrogens is 294 g/mol. The van der Waals surface area contributed by atoms with Crippen molar-refractivity contribution in [3.8, 4) is 0 Å². The summed E-state index contributed by atoms with van der Waals surface area (Å²) in [5, 5.41) is 0.564. The maximum absolute atomic E-state index is 12.0. The Bertz CT molecular complexity index is 713. The van der Waals surface area contributed by atoms with E-state index in [1.165, 1.54) is 10.6 Å². The number of sulfonamides is 1. The monoisotopic (exact) mass is 309 g/mol. The fourth-order valence-electron chi connectivity index (χ4n) is 1.96. The molecule has 2 aromatic rings. The maximum Gasteiger partial charge on any atom is 0.232 e. The standard InChI is InChI=1S/C15H16ClNO2S/c1-12-6-5-8-14(10-12)17(20(2,18)19)11-13-7-3-4-9-15(13)16/h3-10H,11H2,1-2H3. The van der Waals surface area contributed by atoms with E-state index >= 15 is 0 Å². The summed E-state index contributed by atoms with van der Waals surface area (Å²) in [6.45, 7) is 2.15. The zero-order valence-corrected chi connectivity index (χ0v) is 12.9. The van der Waals surface area contributed by atoms with Gasteiger partial charge in [0.2, 0.25) is 10.0 Å². The van der Waals surface area contributed by atoms with Crippen LogP contribution < -0.4 is 4.31 Å². The van der Waals surface area contributed by atoms with Crippen LogP contribution >= 0.6 is 11.6 Å². The fraction of sp³-hybridized carbons (Fsp3) is 0.200. The van der Waals surface area contributed by atoms with Crippen LogP contribution in [0, 0.1) is 6.92 Å². The largest absolute Gasteiger partial charge is 0.266 e. The van der Waals surface area contributed by atoms with Gasteiger partial charge in [-0.1, -0.05) is 41.9 Å². The second-order valence-corrected chi connectivity index (χ2v) is 7.01. The van der Waals surface area contributed by atoms with Crippen LogP contribution in [-0.4, -0.2) is 14.7 Å². The molecule has 0 radical (unpaired) electrons. The first kappa shape index (κ1) is 14.9. The van der Waals surface area contributed by atoms with E-state index in [9.17, 15) is 8.42 Å². The van der Waals surface area contributed by atoms with Crippen LogP contribution in [0.4, 0.5) is 5.69 Å². The topological polar surface area (TPSA) is 37.4 Å². The first-order valence-corrected chi connectivity index (χ1v) is 8.38. The smallest absolute Gasteiger partial charge is 0.232 e. The third-order valence-corrected chi connectivity index (χ3v) is 4.47. The average Bonchev–Trinajstić information content (AvgIpc) is 2.36. The number of benzene rings is 2. The summed E-state index contributed by atoms with van der Waals surface area (Å²) in [5.74, 6) is 0. The Morgan fingerprint density at radius 1 is 1.10 bits per heavy atom. The molecule has 0 atom stereocenters. The molecule has 2 aromatic carbocycles. The van der Waals surface area contributed by atoms with Crippen LogP contribution in [-0.2, 0) is 16.6 Å². The lowest BCUT2D eigenvalue weighted by atomic mass is 10.2. The van der Waals surface area contributed by atoms with E-state index in [-0.39, 0.29) is 6.54 Å². The lowest BCUT2D eigenvalue weighted by Gasteiger charge is -2.23. The summed E-state index contributed by atoms with van der Waals surface area (Å²) in [4.78, 5) is 0. The van der Waals surface area contributed by atoms with E-state index in [2.05, 4.69) is 0 Å². The molecule has 0 aliphatic rings. The first-order valence-electron chi connectivity index (χ1n) is 6.16. The van der Waals surface area contributed by atoms with Gasteiger partial charge in [-0.2, -0.15) is 0 Å². The van der Waals surface area contributed by atoms with Crippen molar-refractivity contribution < 1.29 is 8.42 Å². The average molecular weight is 310 g/mol. The maximum atomic E-state index is 12.0. The third-order valence-electron chi connectivity index (χ3n) is 2.96. The molecule has 0 heterocycles. The molecule has 0 aliphatic heterocycles. The highest BCUT2D eigenvalue weighted by Crippen LogP contribution is 2.24. The zero-order chi connectivity index (χ0) is 14.8. The molecule has 0 N–H and O–H groups in total. The molecule has 0 bridgehead atoms. The predicted molar refractivity (Wildman–Crippen MR) is 83.7 cm³/mol. The summed E-state index contributed by atoms with van der Waals surface area (Å²) in [6.07, 6.45) is 1.20. The van der Waals surface area contributed by atoms with E-state index in [1.54, 1.807) is 12.1 Å². The minimum Gasteiger partial charge on any atom is -0.266 e. The van der Waals surface area contributed by atoms with Crippen LogP contribution in [0.5, 0.6) is 0 Å². The highest BCUT2D eigenvalue weighted by atomic mass is 35.5. The van der Waals surface area contributed by atoms with Gasteiger partial charge in [-0.3, -0.25) is 4.31 Å². The number of hydrogen-bond donors (Lipinski definition) is 0. The molecule has 0 saturated carbocycles. The Balaban J connectivity index is 2.43. The molecule has 0 saturated heterocycles. The SMILES string of the molecule is Cc1cccc(N(Cc2ccccc2Cl)S(C)(=O)=O)c1. The zero-order valence-electron chi connectivity index (χ0n) is 11.4. The Kier molecular flexibility index (Phi) is 4.35. The van der Waals surface area contributed by atoms with Gasteiger partial charge in [0.05, 0.1) is 18.5 Å². The van der Waals surface area contributed by atoms with Crippen molar-refractivity contribution in [2.45, 2.75) is 13.5 Å². The summed E-state index contributed by atoms with van der Waals surface area (Å²) in [7, 11) is -3.37. The number of aryl methyl sites for hydroxylation is 1. The van der Waals surface area contributed by atoms with Crippen LogP contribution in [0.2, 0.25) is 5.02 Å². The second-order valence-electron chi connectivity index (χ2n) is 4.70. The minimum absolute atomic E-state index is 0.224. The van der Waals surface area contributed by atoms with Crippen molar-refractivity contribution in [3.63, 3.8) is 0 Å². The summed E-state index contributed by atoms with van der Waals surface area (Å²) in [6, 6.07) is 14.7. The lowest BCUT2D eigenvalue weighted by molar-refractivity contribution is 0.596. The van der Waals surface area contributed by atoms with Crippen molar-refractivity contribution >= 4 is 27.3 Å². The van der Waals surface area contributed by atoms with Crippen LogP contribution in [0.15, 0.2) is 48.5 Å². The van der Waals surface area contributed by atoms with Crippen molar-refractivity contribution in [2.24, 2.45) is 0 Å². The summed E-state index contributed by atoms with van der Waals surface area (Å²) < 4.78 is 25.4. The van der Waals surface area contributed by atoms with Gasteiger partial charge >= 0.3 is 0 Å². The summed E-state index contributed by atoms with van der Waals surface area (Å²) in [5.41, 5.74) is 2.43. The minimum atomic E-state index is -3.37. The molecular formula is C15H16ClNO2S. The molecule has 20 heavy (non-hydrogen) atoms. The van der Waals surface area contributed by atoms with Crippen molar-refractivity contribution in [1.82, 2.24) is 0 Å². The number of hydrogen-bond acceptors (Lipinski definition) is 2. The number of nitrogens with zero attached hydrogens (tertiary/aromatic N) is 1. The molecule has 3 nitrogen and oxygen atoms in total. The van der Waals surface area contributed by atoms with E-state index in [0.717, 1.165) is 11.1 Å². The Morgan fingerprint density at radius 2 is 1.80 bits per heavy atom. The van der Waals surface area contributed by atoms with E-state index < -0.39 is 10.0 Å². The molecule has 106 valence electrons. The third kappa shape index (κ3) is 3.52. The molecule has 5 heteroatoms. The highest BCUT2D eigenvalue weighted by Gasteiger charge is 2.18. The van der Waals surface area contributed by atoms with Crippen LogP contribution in [0.25, 0.3) is 0 Å². The lowest BCUT2D eigenvalue weighted by Crippen LogP contribution is -2.29. The Morgan fingerprint density at radius 3 is 2.40 bits per heavy atom. The van der Waals surface area contributed by atoms with Gasteiger partial charge in [-0.15, -0.1) is 0 Å². The van der Waals surface area contributed by atoms with Gasteiger partial charge in [0.1, 0.15) is 0 Å². The van der Waals surface area contributed by atoms with Gasteiger partial charge in [0.25, 0.3) is 0 Å². The second kappa shape index (κ2) is 5.85. The van der Waals surface area contributed by atoms with Gasteiger partial charge in [-0.05, 0) is 36.2 Å². The molecule has 0 aliphatic carbocycles. The van der Waals surface area contributed by atoms with Crippen molar-refractivity contribution in [1.29, 1.82) is 0 Å². The molecule has 0 amide bonds. The molecule has 0 aromatic heterocycles. The highest BCUT2D eigenvalue weighted by molar-refractivity contribution is 7.92. The van der Waals surface area contributed by atoms with E-state index in [4.69, 9.17) is 11.6 Å². The van der Waals surface area contributed by atoms with Gasteiger partial charge in [0.15, 0.2) is 0 Å². The van der Waals surface area contributed by atoms with E-state index in [1.807, 2.05) is 43.3 Å².